The van der Waals surface area contributed by atoms with Crippen molar-refractivity contribution >= 4 is 29.3 Å². The second kappa shape index (κ2) is 8.06. The highest BCUT2D eigenvalue weighted by Crippen LogP contribution is 2.16. The molecule has 0 unspecified atom stereocenters. The predicted molar refractivity (Wildman–Crippen MR) is 91.6 cm³/mol. The minimum Gasteiger partial charge on any atom is -0.351 e. The van der Waals surface area contributed by atoms with Crippen molar-refractivity contribution in [2.24, 2.45) is 7.05 Å². The molecule has 1 heterocycles. The Morgan fingerprint density at radius 2 is 2.14 bits per heavy atom. The van der Waals surface area contributed by atoms with Gasteiger partial charge in [-0.2, -0.15) is 11.8 Å². The van der Waals surface area contributed by atoms with E-state index in [1.54, 1.807) is 31.1 Å². The lowest BCUT2D eigenvalue weighted by molar-refractivity contribution is 0.0954. The number of carbonyl (C=O) groups is 1. The smallest absolute Gasteiger partial charge is 0.263 e. The largest absolute Gasteiger partial charge is 0.351 e. The second-order valence-electron chi connectivity index (χ2n) is 4.78. The second-order valence-corrected chi connectivity index (χ2v) is 6.32. The number of nitrogens with one attached hydrogen (secondary N) is 1. The van der Waals surface area contributed by atoms with E-state index >= 15 is 0 Å². The number of aromatic nitrogens is 1. The molecule has 0 aliphatic rings. The zero-order valence-corrected chi connectivity index (χ0v) is 13.8. The van der Waals surface area contributed by atoms with Gasteiger partial charge in [0.1, 0.15) is 5.56 Å². The van der Waals surface area contributed by atoms with Gasteiger partial charge in [-0.1, -0.05) is 23.7 Å². The monoisotopic (exact) mass is 336 g/mol. The molecule has 0 aliphatic carbocycles. The van der Waals surface area contributed by atoms with Crippen molar-refractivity contribution in [3.63, 3.8) is 0 Å². The minimum atomic E-state index is -0.329. The number of rotatable bonds is 6. The Morgan fingerprint density at radius 1 is 1.32 bits per heavy atom. The summed E-state index contributed by atoms with van der Waals surface area (Å²) in [6, 6.07) is 10.9. The molecular weight excluding hydrogens is 320 g/mol. The summed E-state index contributed by atoms with van der Waals surface area (Å²) in [6.07, 6.45) is 1.62. The molecular formula is C16H17ClN2O2S. The maximum absolute atomic E-state index is 11.9. The van der Waals surface area contributed by atoms with Gasteiger partial charge in [-0.05, 0) is 29.8 Å². The normalized spacial score (nSPS) is 10.5. The third-order valence-corrected chi connectivity index (χ3v) is 4.32. The molecule has 0 aliphatic heterocycles. The highest BCUT2D eigenvalue weighted by atomic mass is 35.5. The molecule has 0 atom stereocenters. The van der Waals surface area contributed by atoms with Crippen LogP contribution in [0.25, 0.3) is 0 Å². The topological polar surface area (TPSA) is 51.1 Å². The summed E-state index contributed by atoms with van der Waals surface area (Å²) in [4.78, 5) is 23.7. The van der Waals surface area contributed by atoms with Crippen LogP contribution in [0.3, 0.4) is 0 Å². The first-order valence-electron chi connectivity index (χ1n) is 6.84. The fraction of sp³-hybridized carbons (Fsp3) is 0.250. The summed E-state index contributed by atoms with van der Waals surface area (Å²) >= 11 is 7.63. The van der Waals surface area contributed by atoms with E-state index in [9.17, 15) is 9.59 Å². The fourth-order valence-electron chi connectivity index (χ4n) is 1.92. The number of benzene rings is 1. The molecule has 22 heavy (non-hydrogen) atoms. The maximum Gasteiger partial charge on any atom is 0.263 e. The van der Waals surface area contributed by atoms with E-state index in [2.05, 4.69) is 5.32 Å². The molecule has 0 radical (unpaired) electrons. The number of nitrogens with zero attached hydrogens (tertiary/aromatic N) is 1. The third-order valence-electron chi connectivity index (χ3n) is 3.06. The molecule has 0 saturated heterocycles. The van der Waals surface area contributed by atoms with Crippen LogP contribution in [0, 0.1) is 0 Å². The SMILES string of the molecule is Cn1cccc(C(=O)NCCSCc2cccc(Cl)c2)c1=O. The molecule has 6 heteroatoms. The molecule has 1 amide bonds. The van der Waals surface area contributed by atoms with E-state index < -0.39 is 0 Å². The van der Waals surface area contributed by atoms with Crippen molar-refractivity contribution in [1.29, 1.82) is 0 Å². The molecule has 1 aromatic carbocycles. The van der Waals surface area contributed by atoms with Gasteiger partial charge < -0.3 is 9.88 Å². The Hall–Kier alpha value is -1.72. The highest BCUT2D eigenvalue weighted by Gasteiger charge is 2.09. The number of thioether (sulfide) groups is 1. The van der Waals surface area contributed by atoms with Crippen LogP contribution in [0.1, 0.15) is 15.9 Å². The molecule has 2 rings (SSSR count). The Kier molecular flexibility index (Phi) is 6.10. The van der Waals surface area contributed by atoms with Gasteiger partial charge in [-0.3, -0.25) is 9.59 Å². The van der Waals surface area contributed by atoms with Crippen LogP contribution in [0.5, 0.6) is 0 Å². The molecule has 0 fully saturated rings. The van der Waals surface area contributed by atoms with Gasteiger partial charge in [-0.25, -0.2) is 0 Å². The number of aryl methyl sites for hydroxylation is 1. The summed E-state index contributed by atoms with van der Waals surface area (Å²) in [5, 5.41) is 3.49. The average Bonchev–Trinajstić information content (AvgIpc) is 2.49. The van der Waals surface area contributed by atoms with Gasteiger partial charge in [0.2, 0.25) is 0 Å². The molecule has 1 aromatic heterocycles. The fourth-order valence-corrected chi connectivity index (χ4v) is 2.94. The summed E-state index contributed by atoms with van der Waals surface area (Å²) in [7, 11) is 1.62. The number of hydrogen-bond acceptors (Lipinski definition) is 3. The average molecular weight is 337 g/mol. The molecule has 0 saturated carbocycles. The summed E-state index contributed by atoms with van der Waals surface area (Å²) in [6.45, 7) is 0.516. The zero-order chi connectivity index (χ0) is 15.9. The van der Waals surface area contributed by atoms with E-state index in [-0.39, 0.29) is 17.0 Å². The number of hydrogen-bond donors (Lipinski definition) is 1. The number of carbonyl (C=O) groups excluding carboxylic acids is 1. The number of halogens is 1. The van der Waals surface area contributed by atoms with Crippen LogP contribution >= 0.6 is 23.4 Å². The summed E-state index contributed by atoms with van der Waals surface area (Å²) in [5.74, 6) is 1.28. The van der Waals surface area contributed by atoms with Crippen molar-refractivity contribution in [1.82, 2.24) is 9.88 Å². The van der Waals surface area contributed by atoms with Crippen LogP contribution in [-0.2, 0) is 12.8 Å². The molecule has 116 valence electrons. The molecule has 2 aromatic rings. The Balaban J connectivity index is 1.76. The lowest BCUT2D eigenvalue weighted by Crippen LogP contribution is -2.33. The maximum atomic E-state index is 11.9. The molecule has 4 nitrogen and oxygen atoms in total. The summed E-state index contributed by atoms with van der Waals surface area (Å²) < 4.78 is 1.39. The van der Waals surface area contributed by atoms with E-state index in [0.29, 0.717) is 6.54 Å². The van der Waals surface area contributed by atoms with Crippen molar-refractivity contribution in [2.75, 3.05) is 12.3 Å². The van der Waals surface area contributed by atoms with E-state index in [1.807, 2.05) is 24.3 Å². The summed E-state index contributed by atoms with van der Waals surface area (Å²) in [5.41, 5.74) is 1.04. The van der Waals surface area contributed by atoms with E-state index in [0.717, 1.165) is 22.1 Å². The Morgan fingerprint density at radius 3 is 2.91 bits per heavy atom. The van der Waals surface area contributed by atoms with Gasteiger partial charge in [0.15, 0.2) is 0 Å². The molecule has 1 N–H and O–H groups in total. The lowest BCUT2D eigenvalue weighted by atomic mass is 10.2. The first kappa shape index (κ1) is 16.6. The predicted octanol–water partition coefficient (Wildman–Crippen LogP) is 2.70. The van der Waals surface area contributed by atoms with Crippen molar-refractivity contribution in [3.05, 3.63) is 69.1 Å². The minimum absolute atomic E-state index is 0.171. The Bertz CT molecular complexity index is 715. The van der Waals surface area contributed by atoms with Crippen molar-refractivity contribution < 1.29 is 4.79 Å². The van der Waals surface area contributed by atoms with Crippen LogP contribution < -0.4 is 10.9 Å². The highest BCUT2D eigenvalue weighted by molar-refractivity contribution is 7.98. The number of amides is 1. The van der Waals surface area contributed by atoms with Crippen LogP contribution in [0.4, 0.5) is 0 Å². The number of pyridine rings is 1. The standard InChI is InChI=1S/C16H17ClN2O2S/c1-19-8-3-6-14(16(19)21)15(20)18-7-9-22-11-12-4-2-5-13(17)10-12/h2-6,8,10H,7,9,11H2,1H3,(H,18,20). The van der Waals surface area contributed by atoms with Gasteiger partial charge in [0, 0.05) is 36.3 Å². The molecule has 0 bridgehead atoms. The van der Waals surface area contributed by atoms with Gasteiger partial charge in [0.25, 0.3) is 11.5 Å². The van der Waals surface area contributed by atoms with Crippen LogP contribution in [0.2, 0.25) is 5.02 Å². The van der Waals surface area contributed by atoms with Crippen LogP contribution in [-0.4, -0.2) is 22.8 Å². The van der Waals surface area contributed by atoms with Crippen molar-refractivity contribution in [2.45, 2.75) is 5.75 Å². The van der Waals surface area contributed by atoms with Crippen molar-refractivity contribution in [3.8, 4) is 0 Å². The lowest BCUT2D eigenvalue weighted by Gasteiger charge is -2.06. The Labute approximate surface area is 138 Å². The van der Waals surface area contributed by atoms with Gasteiger partial charge in [-0.15, -0.1) is 0 Å². The quantitative estimate of drug-likeness (QED) is 0.825. The third kappa shape index (κ3) is 4.64. The first-order chi connectivity index (χ1) is 10.6. The van der Waals surface area contributed by atoms with Crippen LogP contribution in [0.15, 0.2) is 47.4 Å². The van der Waals surface area contributed by atoms with E-state index in [4.69, 9.17) is 11.6 Å². The van der Waals surface area contributed by atoms with E-state index in [1.165, 1.54) is 10.6 Å². The molecule has 0 spiro atoms. The zero-order valence-electron chi connectivity index (χ0n) is 12.2. The first-order valence-corrected chi connectivity index (χ1v) is 8.37. The van der Waals surface area contributed by atoms with Gasteiger partial charge in [0.05, 0.1) is 0 Å². The van der Waals surface area contributed by atoms with Gasteiger partial charge >= 0.3 is 0 Å².